The molecule has 0 bridgehead atoms. The largest absolute Gasteiger partial charge is 0.507 e. The van der Waals surface area contributed by atoms with Crippen LogP contribution in [0.1, 0.15) is 237 Å². The summed E-state index contributed by atoms with van der Waals surface area (Å²) < 4.78 is 17.0. The maximum atomic E-state index is 11.4. The van der Waals surface area contributed by atoms with Crippen molar-refractivity contribution in [3.8, 4) is 23.0 Å². The Kier molecular flexibility index (Phi) is 31.7. The molecule has 0 aliphatic carbocycles. The van der Waals surface area contributed by atoms with Crippen LogP contribution in [0.2, 0.25) is 0 Å². The molecular formula is C70H111NO9S5. The van der Waals surface area contributed by atoms with E-state index in [0.717, 1.165) is 84.4 Å². The van der Waals surface area contributed by atoms with Gasteiger partial charge in [-0.3, -0.25) is 9.59 Å². The first-order valence-electron chi connectivity index (χ1n) is 29.1. The van der Waals surface area contributed by atoms with E-state index in [1.54, 1.807) is 23.5 Å². The predicted molar refractivity (Wildman–Crippen MR) is 372 cm³/mol. The highest BCUT2D eigenvalue weighted by Gasteiger charge is 2.32. The molecule has 4 N–H and O–H groups in total. The molecule has 4 aromatic carbocycles. The van der Waals surface area contributed by atoms with Crippen molar-refractivity contribution in [1.82, 2.24) is 0 Å². The van der Waals surface area contributed by atoms with Gasteiger partial charge < -0.3 is 34.6 Å². The highest BCUT2D eigenvalue weighted by Crippen LogP contribution is 2.48. The summed E-state index contributed by atoms with van der Waals surface area (Å²) in [5.74, 6) is 1.61. The first-order chi connectivity index (χ1) is 38.2. The highest BCUT2D eigenvalue weighted by atomic mass is 32.2. The second-order valence-corrected chi connectivity index (χ2v) is 35.1. The van der Waals surface area contributed by atoms with Gasteiger partial charge in [0.05, 0.1) is 34.7 Å². The number of phenolic OH excluding ortho intramolecular Hbond substituents is 4. The van der Waals surface area contributed by atoms with Gasteiger partial charge >= 0.3 is 11.9 Å². The Labute approximate surface area is 540 Å². The first kappa shape index (κ1) is 81.2. The van der Waals surface area contributed by atoms with Gasteiger partial charge in [-0.15, -0.1) is 36.2 Å². The second-order valence-electron chi connectivity index (χ2n) is 29.9. The van der Waals surface area contributed by atoms with E-state index in [9.17, 15) is 30.0 Å². The summed E-state index contributed by atoms with van der Waals surface area (Å²) >= 11 is 12.4. The van der Waals surface area contributed by atoms with Gasteiger partial charge in [-0.2, -0.15) is 12.6 Å². The van der Waals surface area contributed by atoms with Crippen molar-refractivity contribution >= 4 is 72.7 Å². The van der Waals surface area contributed by atoms with Crippen LogP contribution in [0, 0.1) is 6.57 Å². The van der Waals surface area contributed by atoms with Crippen LogP contribution in [0.5, 0.6) is 23.0 Å². The van der Waals surface area contributed by atoms with E-state index in [2.05, 4.69) is 226 Å². The fourth-order valence-electron chi connectivity index (χ4n) is 8.36. The summed E-state index contributed by atoms with van der Waals surface area (Å²) in [6, 6.07) is 17.9. The number of carbonyl (C=O) groups is 2. The molecule has 1 aliphatic rings. The van der Waals surface area contributed by atoms with Crippen LogP contribution in [0.4, 0.5) is 0 Å². The van der Waals surface area contributed by atoms with Crippen LogP contribution < -0.4 is 0 Å². The number of carbonyl (C=O) groups excluding carboxylic acids is 2. The zero-order valence-corrected chi connectivity index (χ0v) is 61.6. The number of rotatable bonds is 7. The molecule has 15 heteroatoms. The Morgan fingerprint density at radius 3 is 1.01 bits per heavy atom. The molecule has 4 aromatic rings. The van der Waals surface area contributed by atoms with E-state index in [1.807, 2.05) is 42.5 Å². The van der Waals surface area contributed by atoms with Crippen molar-refractivity contribution < 1.29 is 44.2 Å². The first-order valence-corrected chi connectivity index (χ1v) is 32.7. The number of benzene rings is 4. The number of ether oxygens (including phenoxy) is 3. The van der Waals surface area contributed by atoms with Crippen molar-refractivity contribution in [2.75, 3.05) is 38.9 Å². The monoisotopic (exact) mass is 1270 g/mol. The molecule has 0 atom stereocenters. The lowest BCUT2D eigenvalue weighted by atomic mass is 9.79. The number of thiol groups is 2. The number of para-hydroxylation sites is 1. The van der Waals surface area contributed by atoms with Crippen LogP contribution in [-0.4, -0.2) is 75.4 Å². The van der Waals surface area contributed by atoms with Crippen LogP contribution in [-0.2, 0) is 67.1 Å². The molecule has 1 saturated heterocycles. The molecule has 0 radical (unpaired) electrons. The van der Waals surface area contributed by atoms with Crippen LogP contribution in [0.3, 0.4) is 0 Å². The summed E-state index contributed by atoms with van der Waals surface area (Å²) in [5.41, 5.74) is 6.97. The van der Waals surface area contributed by atoms with E-state index in [4.69, 9.17) is 16.0 Å². The topological polar surface area (TPSA) is 147 Å². The average Bonchev–Trinajstić information content (AvgIpc) is 3.94. The molecule has 1 fully saturated rings. The van der Waals surface area contributed by atoms with Gasteiger partial charge in [0.1, 0.15) is 23.0 Å². The van der Waals surface area contributed by atoms with Gasteiger partial charge in [0.25, 0.3) is 11.9 Å². The third-order valence-corrected chi connectivity index (χ3v) is 16.9. The maximum absolute atomic E-state index is 11.4. The van der Waals surface area contributed by atoms with Crippen LogP contribution in [0.15, 0.2) is 69.3 Å². The minimum atomic E-state index is -0.293. The second kappa shape index (κ2) is 33.2. The van der Waals surface area contributed by atoms with Crippen molar-refractivity contribution in [2.45, 2.75) is 255 Å². The molecule has 10 nitrogen and oxygen atoms in total. The molecule has 1 heterocycles. The summed E-state index contributed by atoms with van der Waals surface area (Å²) in [6.07, 6.45) is 2.56. The summed E-state index contributed by atoms with van der Waals surface area (Å²) in [7, 11) is 2.74. The number of esters is 2. The molecule has 0 unspecified atom stereocenters. The quantitative estimate of drug-likeness (QED) is 0.0261. The third kappa shape index (κ3) is 28.5. The normalized spacial score (nSPS) is 13.1. The standard InChI is InChI=1S/C20H32O3S2.C15H21NOS.C14H22OS.C14H22O.C4H8O.C3H6O2S/c1-18(2,3)14-10-13(11-15(17(14)22)19(4,5)6)25-20(7,8)24-12-16(21)23-9;1-14(2,3)11-8-10(18-16-7)9-12(13(11)17)15(4,5)6;1-13(2,3)10-7-9(16)8-11(12(10)15)14(4,5)6;1-13(2,3)10-8-7-9-11(12(10)15)14(4,5)6;1-2-4-5-3-1;1-5-3(4)2-6/h10-11,22H,12H2,1-9H3;8-9,17H,1-6H3;7-8,15-16H,1-6H3;7-9,15H,1-6H3;1-4H2;6H,2H2,1H3. The zero-order chi connectivity index (χ0) is 66.9. The van der Waals surface area contributed by atoms with Crippen LogP contribution >= 0.6 is 60.7 Å². The van der Waals surface area contributed by atoms with Crippen molar-refractivity contribution in [3.05, 3.63) is 110 Å². The molecule has 0 aromatic heterocycles. The average molecular weight is 1270 g/mol. The minimum absolute atomic E-state index is 0.00859. The zero-order valence-electron chi connectivity index (χ0n) is 57.3. The number of hydrogen-bond acceptors (Lipinski definition) is 14. The molecule has 0 spiro atoms. The van der Waals surface area contributed by atoms with E-state index < -0.39 is 0 Å². The van der Waals surface area contributed by atoms with E-state index >= 15 is 0 Å². The fraction of sp³-hybridized carbons (Fsp3) is 0.614. The lowest BCUT2D eigenvalue weighted by Gasteiger charge is -2.30. The van der Waals surface area contributed by atoms with Crippen LogP contribution in [0.25, 0.3) is 4.25 Å². The van der Waals surface area contributed by atoms with Gasteiger partial charge in [-0.25, -0.2) is 10.8 Å². The van der Waals surface area contributed by atoms with E-state index in [-0.39, 0.29) is 65.1 Å². The number of aromatic hydroxyl groups is 4. The fourth-order valence-corrected chi connectivity index (χ4v) is 11.4. The van der Waals surface area contributed by atoms with Gasteiger partial charge in [0, 0.05) is 56.4 Å². The SMILES string of the molecule is C1CCOC1.CC(C)(C)c1cc(S)cc(C(C)(C)C)c1O.CC(C)(C)c1cccc(C(C)(C)C)c1O.COC(=O)CS.COC(=O)CSC(C)(C)Sc1cc(C(C)(C)C)c(O)c(C(C)(C)C)c1.[C-]#[N+]Sc1cc(C(C)(C)C)c(O)c(C(C)(C)C)c1. The van der Waals surface area contributed by atoms with E-state index in [0.29, 0.717) is 28.8 Å². The Morgan fingerprint density at radius 2 is 0.776 bits per heavy atom. The Hall–Kier alpha value is -3.78. The third-order valence-electron chi connectivity index (χ3n) is 13.2. The number of phenols is 4. The highest BCUT2D eigenvalue weighted by molar-refractivity contribution is 8.18. The summed E-state index contributed by atoms with van der Waals surface area (Å²) in [5, 5.41) is 41.9. The number of nitrogens with zero attached hydrogens (tertiary/aromatic N) is 1. The molecule has 5 rings (SSSR count). The van der Waals surface area contributed by atoms with Gasteiger partial charge in [0.15, 0.2) is 0 Å². The van der Waals surface area contributed by atoms with Gasteiger partial charge in [0.2, 0.25) is 0 Å². The number of thioether (sulfide) groups is 2. The Bertz CT molecular complexity index is 2660. The molecule has 0 amide bonds. The minimum Gasteiger partial charge on any atom is -0.507 e. The van der Waals surface area contributed by atoms with Crippen molar-refractivity contribution in [2.24, 2.45) is 0 Å². The Morgan fingerprint density at radius 1 is 0.494 bits per heavy atom. The lowest BCUT2D eigenvalue weighted by Crippen LogP contribution is -2.18. The Balaban J connectivity index is 0.00000106. The molecule has 480 valence electrons. The summed E-state index contributed by atoms with van der Waals surface area (Å²) in [6.45, 7) is 63.6. The van der Waals surface area contributed by atoms with E-state index in [1.165, 1.54) is 27.1 Å². The molecular weight excluding hydrogens is 1160 g/mol. The van der Waals surface area contributed by atoms with Gasteiger partial charge in [-0.05, 0) is 118 Å². The molecule has 0 saturated carbocycles. The lowest BCUT2D eigenvalue weighted by molar-refractivity contribution is -0.138. The maximum Gasteiger partial charge on any atom is 0.315 e. The smallest absolute Gasteiger partial charge is 0.315 e. The molecule has 85 heavy (non-hydrogen) atoms. The van der Waals surface area contributed by atoms with Gasteiger partial charge in [-0.1, -0.05) is 184 Å². The number of methoxy groups -OCH3 is 2. The predicted octanol–water partition coefficient (Wildman–Crippen LogP) is 19.8. The number of hydrogen-bond donors (Lipinski definition) is 6. The summed E-state index contributed by atoms with van der Waals surface area (Å²) in [4.78, 5) is 24.2. The van der Waals surface area contributed by atoms with Crippen molar-refractivity contribution in [1.29, 1.82) is 0 Å². The molecule has 1 aliphatic heterocycles. The van der Waals surface area contributed by atoms with Crippen molar-refractivity contribution in [3.63, 3.8) is 0 Å².